The van der Waals surface area contributed by atoms with Crippen molar-refractivity contribution in [2.45, 2.75) is 12.5 Å². The first-order chi connectivity index (χ1) is 9.95. The summed E-state index contributed by atoms with van der Waals surface area (Å²) in [6, 6.07) is 6.60. The van der Waals surface area contributed by atoms with Gasteiger partial charge in [-0.05, 0) is 29.3 Å². The van der Waals surface area contributed by atoms with E-state index < -0.39 is 12.1 Å². The van der Waals surface area contributed by atoms with Crippen molar-refractivity contribution >= 4 is 5.97 Å². The average molecular weight is 288 g/mol. The van der Waals surface area contributed by atoms with Crippen molar-refractivity contribution in [1.82, 2.24) is 0 Å². The Hall–Kier alpha value is -2.89. The van der Waals surface area contributed by atoms with Crippen molar-refractivity contribution in [3.05, 3.63) is 47.0 Å². The van der Waals surface area contributed by atoms with Crippen LogP contribution in [0.2, 0.25) is 0 Å². The van der Waals surface area contributed by atoms with Gasteiger partial charge in [-0.15, -0.1) is 0 Å². The third kappa shape index (κ3) is 2.20. The van der Waals surface area contributed by atoms with E-state index >= 15 is 0 Å². The molecule has 2 aromatic rings. The molecule has 0 fully saturated rings. The van der Waals surface area contributed by atoms with Crippen LogP contribution in [0.5, 0.6) is 23.0 Å². The van der Waals surface area contributed by atoms with E-state index in [1.807, 2.05) is 0 Å². The molecule has 6 nitrogen and oxygen atoms in total. The van der Waals surface area contributed by atoms with Crippen molar-refractivity contribution in [3.63, 3.8) is 0 Å². The zero-order valence-corrected chi connectivity index (χ0v) is 10.8. The summed E-state index contributed by atoms with van der Waals surface area (Å²) in [7, 11) is 0. The van der Waals surface area contributed by atoms with Gasteiger partial charge in [0.1, 0.15) is 23.2 Å². The summed E-state index contributed by atoms with van der Waals surface area (Å²) in [5, 5.41) is 38.0. The highest BCUT2D eigenvalue weighted by molar-refractivity contribution is 5.95. The topological polar surface area (TPSA) is 107 Å². The van der Waals surface area contributed by atoms with E-state index in [-0.39, 0.29) is 35.0 Å². The molecular weight excluding hydrogens is 276 g/mol. The molecule has 0 radical (unpaired) electrons. The largest absolute Gasteiger partial charge is 0.508 e. The first-order valence-corrected chi connectivity index (χ1v) is 6.23. The van der Waals surface area contributed by atoms with E-state index in [2.05, 4.69) is 0 Å². The van der Waals surface area contributed by atoms with Crippen LogP contribution in [-0.4, -0.2) is 26.4 Å². The Kier molecular flexibility index (Phi) is 2.86. The molecule has 0 saturated heterocycles. The van der Waals surface area contributed by atoms with Crippen molar-refractivity contribution in [2.75, 3.05) is 0 Å². The molecule has 6 heteroatoms. The minimum absolute atomic E-state index is 0.0343. The second-order valence-corrected chi connectivity index (χ2v) is 4.85. The smallest absolute Gasteiger partial charge is 0.342 e. The zero-order valence-electron chi connectivity index (χ0n) is 10.8. The molecule has 3 rings (SSSR count). The monoisotopic (exact) mass is 288 g/mol. The van der Waals surface area contributed by atoms with Crippen LogP contribution in [0.25, 0.3) is 0 Å². The molecule has 1 aliphatic heterocycles. The van der Waals surface area contributed by atoms with E-state index in [1.165, 1.54) is 24.3 Å². The fourth-order valence-corrected chi connectivity index (χ4v) is 2.42. The molecule has 1 aliphatic rings. The Morgan fingerprint density at radius 2 is 1.71 bits per heavy atom. The zero-order chi connectivity index (χ0) is 15.1. The van der Waals surface area contributed by atoms with Gasteiger partial charge in [0.15, 0.2) is 11.5 Å². The Balaban J connectivity index is 2.01. The predicted molar refractivity (Wildman–Crippen MR) is 71.4 cm³/mol. The van der Waals surface area contributed by atoms with Crippen LogP contribution in [0.1, 0.15) is 27.6 Å². The maximum atomic E-state index is 12.0. The average Bonchev–Trinajstić information content (AvgIpc) is 2.40. The lowest BCUT2D eigenvalue weighted by molar-refractivity contribution is 0.0248. The highest BCUT2D eigenvalue weighted by Gasteiger charge is 2.30. The van der Waals surface area contributed by atoms with Gasteiger partial charge in [0, 0.05) is 12.5 Å². The summed E-state index contributed by atoms with van der Waals surface area (Å²) in [6.07, 6.45) is -0.425. The van der Waals surface area contributed by atoms with Gasteiger partial charge in [-0.2, -0.15) is 0 Å². The second-order valence-electron chi connectivity index (χ2n) is 4.85. The lowest BCUT2D eigenvalue weighted by Gasteiger charge is -2.25. The molecule has 1 atom stereocenters. The lowest BCUT2D eigenvalue weighted by Crippen LogP contribution is -2.21. The highest BCUT2D eigenvalue weighted by atomic mass is 16.5. The minimum Gasteiger partial charge on any atom is -0.508 e. The molecule has 0 amide bonds. The normalized spacial score (nSPS) is 17.1. The van der Waals surface area contributed by atoms with E-state index in [0.717, 1.165) is 6.07 Å². The Bertz CT molecular complexity index is 737. The fraction of sp³-hybridized carbons (Fsp3) is 0.133. The van der Waals surface area contributed by atoms with Crippen molar-refractivity contribution in [3.8, 4) is 23.0 Å². The first kappa shape index (κ1) is 13.1. The van der Waals surface area contributed by atoms with Crippen LogP contribution in [0.4, 0.5) is 0 Å². The van der Waals surface area contributed by atoms with Crippen LogP contribution >= 0.6 is 0 Å². The van der Waals surface area contributed by atoms with Gasteiger partial charge in [0.2, 0.25) is 0 Å². The molecule has 0 saturated carbocycles. The molecule has 1 unspecified atom stereocenters. The Labute approximate surface area is 119 Å². The van der Waals surface area contributed by atoms with E-state index in [9.17, 15) is 25.2 Å². The third-order valence-corrected chi connectivity index (χ3v) is 3.41. The summed E-state index contributed by atoms with van der Waals surface area (Å²) in [5.74, 6) is -1.76. The van der Waals surface area contributed by atoms with E-state index in [1.54, 1.807) is 0 Å². The number of carbonyl (C=O) groups excluding carboxylic acids is 1. The standard InChI is InChI=1S/C15H12O6/c16-9-3-8-5-13(7-1-2-10(17)11(18)4-7)21-15(20)14(8)12(19)6-9/h1-4,6,13,16-19H,5H2. The van der Waals surface area contributed by atoms with Crippen LogP contribution in [0.15, 0.2) is 30.3 Å². The number of aromatic hydroxyl groups is 4. The highest BCUT2D eigenvalue weighted by Crippen LogP contribution is 2.38. The van der Waals surface area contributed by atoms with Gasteiger partial charge in [-0.25, -0.2) is 4.79 Å². The molecule has 0 spiro atoms. The number of esters is 1. The van der Waals surface area contributed by atoms with Gasteiger partial charge in [0.05, 0.1) is 0 Å². The predicted octanol–water partition coefficient (Wildman–Crippen LogP) is 1.96. The Morgan fingerprint density at radius 1 is 0.952 bits per heavy atom. The quantitative estimate of drug-likeness (QED) is 0.472. The van der Waals surface area contributed by atoms with Crippen LogP contribution in [0, 0.1) is 0 Å². The molecule has 2 aromatic carbocycles. The summed E-state index contributed by atoms with van der Waals surface area (Å²) in [6.45, 7) is 0. The number of hydrogen-bond acceptors (Lipinski definition) is 6. The number of fused-ring (bicyclic) bond motifs is 1. The minimum atomic E-state index is -0.702. The van der Waals surface area contributed by atoms with E-state index in [4.69, 9.17) is 4.74 Å². The summed E-state index contributed by atoms with van der Waals surface area (Å²) in [5.41, 5.74) is 1.00. The fourth-order valence-electron chi connectivity index (χ4n) is 2.42. The van der Waals surface area contributed by atoms with Gasteiger partial charge < -0.3 is 25.2 Å². The molecule has 21 heavy (non-hydrogen) atoms. The maximum absolute atomic E-state index is 12.0. The number of carbonyl (C=O) groups is 1. The van der Waals surface area contributed by atoms with Gasteiger partial charge in [0.25, 0.3) is 0 Å². The number of cyclic esters (lactones) is 1. The third-order valence-electron chi connectivity index (χ3n) is 3.41. The molecule has 4 N–H and O–H groups in total. The number of ether oxygens (including phenoxy) is 1. The second kappa shape index (κ2) is 4.59. The molecular formula is C15H12O6. The lowest BCUT2D eigenvalue weighted by atomic mass is 9.93. The molecule has 0 bridgehead atoms. The van der Waals surface area contributed by atoms with Crippen LogP contribution < -0.4 is 0 Å². The van der Waals surface area contributed by atoms with E-state index in [0.29, 0.717) is 11.1 Å². The molecule has 1 heterocycles. The number of rotatable bonds is 1. The maximum Gasteiger partial charge on any atom is 0.342 e. The number of phenolic OH excluding ortho intramolecular Hbond substituents is 4. The van der Waals surface area contributed by atoms with Crippen LogP contribution in [-0.2, 0) is 11.2 Å². The Morgan fingerprint density at radius 3 is 2.43 bits per heavy atom. The molecule has 108 valence electrons. The molecule has 0 aliphatic carbocycles. The van der Waals surface area contributed by atoms with Crippen molar-refractivity contribution in [1.29, 1.82) is 0 Å². The van der Waals surface area contributed by atoms with Gasteiger partial charge in [-0.3, -0.25) is 0 Å². The van der Waals surface area contributed by atoms with Crippen molar-refractivity contribution in [2.24, 2.45) is 0 Å². The van der Waals surface area contributed by atoms with Crippen molar-refractivity contribution < 1.29 is 30.0 Å². The van der Waals surface area contributed by atoms with Gasteiger partial charge >= 0.3 is 5.97 Å². The first-order valence-electron chi connectivity index (χ1n) is 6.23. The van der Waals surface area contributed by atoms with Gasteiger partial charge in [-0.1, -0.05) is 6.07 Å². The van der Waals surface area contributed by atoms with Crippen LogP contribution in [0.3, 0.4) is 0 Å². The summed E-state index contributed by atoms with van der Waals surface area (Å²) >= 11 is 0. The summed E-state index contributed by atoms with van der Waals surface area (Å²) < 4.78 is 5.24. The number of hydrogen-bond donors (Lipinski definition) is 4. The molecule has 0 aromatic heterocycles. The SMILES string of the molecule is O=C1OC(c2ccc(O)c(O)c2)Cc2cc(O)cc(O)c21. The summed E-state index contributed by atoms with van der Waals surface area (Å²) in [4.78, 5) is 12.0. The number of phenols is 4. The number of benzene rings is 2.